The third-order valence-electron chi connectivity index (χ3n) is 4.11. The van der Waals surface area contributed by atoms with Crippen LogP contribution < -0.4 is 0 Å². The summed E-state index contributed by atoms with van der Waals surface area (Å²) in [5.74, 6) is -0.404. The monoisotopic (exact) mass is 284 g/mol. The van der Waals surface area contributed by atoms with Crippen LogP contribution in [-0.4, -0.2) is 35.9 Å². The number of fused-ring (bicyclic) bond motifs is 1. The molecule has 1 saturated carbocycles. The van der Waals surface area contributed by atoms with Crippen LogP contribution in [-0.2, 0) is 19.1 Å². The summed E-state index contributed by atoms with van der Waals surface area (Å²) in [4.78, 5) is 21.9. The summed E-state index contributed by atoms with van der Waals surface area (Å²) in [7, 11) is 0. The van der Waals surface area contributed by atoms with Crippen molar-refractivity contribution in [1.29, 1.82) is 0 Å². The summed E-state index contributed by atoms with van der Waals surface area (Å²) in [5.41, 5.74) is 0. The van der Waals surface area contributed by atoms with Crippen LogP contribution >= 0.6 is 0 Å². The third-order valence-corrected chi connectivity index (χ3v) is 4.11. The first kappa shape index (κ1) is 15.3. The van der Waals surface area contributed by atoms with E-state index in [0.29, 0.717) is 37.6 Å². The van der Waals surface area contributed by atoms with Gasteiger partial charge in [-0.2, -0.15) is 0 Å². The Kier molecular flexibility index (Phi) is 5.83. The summed E-state index contributed by atoms with van der Waals surface area (Å²) < 4.78 is 10.8. The first-order chi connectivity index (χ1) is 9.65. The maximum atomic E-state index is 11.6. The van der Waals surface area contributed by atoms with Crippen molar-refractivity contribution in [2.45, 2.75) is 70.0 Å². The Labute approximate surface area is 119 Å². The van der Waals surface area contributed by atoms with Crippen molar-refractivity contribution in [3.05, 3.63) is 0 Å². The molecule has 1 N–H and O–H groups in total. The highest BCUT2D eigenvalue weighted by Crippen LogP contribution is 2.39. The Hall–Kier alpha value is -1.10. The lowest BCUT2D eigenvalue weighted by molar-refractivity contribution is -0.145. The molecule has 0 aromatic heterocycles. The molecule has 0 aromatic rings. The molecule has 20 heavy (non-hydrogen) atoms. The molecule has 0 aromatic carbocycles. The fourth-order valence-electron chi connectivity index (χ4n) is 2.82. The van der Waals surface area contributed by atoms with Crippen molar-refractivity contribution < 1.29 is 24.2 Å². The van der Waals surface area contributed by atoms with E-state index in [1.54, 1.807) is 0 Å². The smallest absolute Gasteiger partial charge is 0.305 e. The van der Waals surface area contributed by atoms with Gasteiger partial charge in [0.25, 0.3) is 0 Å². The molecule has 5 nitrogen and oxygen atoms in total. The standard InChI is InChI=1S/C15H24O5/c16-14(17)5-3-1-2-4-6-15(18)19-10-11-7-8-12-13(9-11)20-12/h11-13H,1-10H2,(H,16,17). The minimum atomic E-state index is -0.751. The maximum absolute atomic E-state index is 11.6. The first-order valence-electron chi connectivity index (χ1n) is 7.68. The van der Waals surface area contributed by atoms with E-state index in [1.807, 2.05) is 0 Å². The highest BCUT2D eigenvalue weighted by atomic mass is 16.6. The summed E-state index contributed by atoms with van der Waals surface area (Å²) in [6, 6.07) is 0. The summed E-state index contributed by atoms with van der Waals surface area (Å²) >= 11 is 0. The molecular weight excluding hydrogens is 260 g/mol. The van der Waals surface area contributed by atoms with Crippen LogP contribution in [0.15, 0.2) is 0 Å². The molecule has 0 radical (unpaired) electrons. The third kappa shape index (κ3) is 5.49. The van der Waals surface area contributed by atoms with Crippen molar-refractivity contribution in [1.82, 2.24) is 0 Å². The van der Waals surface area contributed by atoms with Gasteiger partial charge in [0.1, 0.15) is 0 Å². The summed E-state index contributed by atoms with van der Waals surface area (Å²) in [5, 5.41) is 8.49. The van der Waals surface area contributed by atoms with Crippen molar-refractivity contribution in [3.8, 4) is 0 Å². The number of hydrogen-bond acceptors (Lipinski definition) is 4. The normalized spacial score (nSPS) is 27.7. The SMILES string of the molecule is O=C(O)CCCCCCC(=O)OCC1CCC2OC2C1. The Morgan fingerprint density at radius 1 is 1.05 bits per heavy atom. The quantitative estimate of drug-likeness (QED) is 0.400. The van der Waals surface area contributed by atoms with E-state index in [0.717, 1.165) is 38.5 Å². The van der Waals surface area contributed by atoms with Gasteiger partial charge in [-0.1, -0.05) is 12.8 Å². The second-order valence-corrected chi connectivity index (χ2v) is 5.88. The second kappa shape index (κ2) is 7.62. The van der Waals surface area contributed by atoms with Gasteiger partial charge >= 0.3 is 11.9 Å². The Bertz CT molecular complexity index is 341. The average Bonchev–Trinajstić information content (AvgIpc) is 3.18. The molecule has 2 fully saturated rings. The number of epoxide rings is 1. The number of aliphatic carboxylic acids is 1. The summed E-state index contributed by atoms with van der Waals surface area (Å²) in [6.07, 6.45) is 8.07. The van der Waals surface area contributed by atoms with Crippen LogP contribution in [0.1, 0.15) is 57.8 Å². The van der Waals surface area contributed by atoms with E-state index < -0.39 is 5.97 Å². The lowest BCUT2D eigenvalue weighted by atomic mass is 9.90. The predicted octanol–water partition coefficient (Wildman–Crippen LogP) is 2.52. The first-order valence-corrected chi connectivity index (χ1v) is 7.68. The number of hydrogen-bond donors (Lipinski definition) is 1. The molecule has 1 aliphatic carbocycles. The molecule has 0 bridgehead atoms. The number of rotatable bonds is 9. The van der Waals surface area contributed by atoms with E-state index in [9.17, 15) is 9.59 Å². The maximum Gasteiger partial charge on any atom is 0.305 e. The number of carboxylic acid groups (broad SMARTS) is 1. The minimum absolute atomic E-state index is 0.123. The number of carbonyl (C=O) groups is 2. The fourth-order valence-corrected chi connectivity index (χ4v) is 2.82. The van der Waals surface area contributed by atoms with E-state index in [1.165, 1.54) is 0 Å². The van der Waals surface area contributed by atoms with Gasteiger partial charge in [-0.25, -0.2) is 0 Å². The van der Waals surface area contributed by atoms with Gasteiger partial charge in [0.15, 0.2) is 0 Å². The van der Waals surface area contributed by atoms with E-state index in [-0.39, 0.29) is 12.4 Å². The molecule has 3 unspecified atom stereocenters. The predicted molar refractivity (Wildman–Crippen MR) is 72.3 cm³/mol. The van der Waals surface area contributed by atoms with Gasteiger partial charge < -0.3 is 14.6 Å². The van der Waals surface area contributed by atoms with Gasteiger partial charge in [0, 0.05) is 12.8 Å². The fraction of sp³-hybridized carbons (Fsp3) is 0.867. The molecule has 1 saturated heterocycles. The molecule has 114 valence electrons. The van der Waals surface area contributed by atoms with E-state index >= 15 is 0 Å². The average molecular weight is 284 g/mol. The second-order valence-electron chi connectivity index (χ2n) is 5.88. The lowest BCUT2D eigenvalue weighted by Crippen LogP contribution is -2.20. The Morgan fingerprint density at radius 3 is 2.50 bits per heavy atom. The van der Waals surface area contributed by atoms with Crippen LogP contribution in [0.25, 0.3) is 0 Å². The molecule has 5 heteroatoms. The molecular formula is C15H24O5. The largest absolute Gasteiger partial charge is 0.481 e. The van der Waals surface area contributed by atoms with Crippen LogP contribution in [0.2, 0.25) is 0 Å². The summed E-state index contributed by atoms with van der Waals surface area (Å²) in [6.45, 7) is 0.532. The van der Waals surface area contributed by atoms with E-state index in [4.69, 9.17) is 14.6 Å². The molecule has 1 heterocycles. The Morgan fingerprint density at radius 2 is 1.80 bits per heavy atom. The lowest BCUT2D eigenvalue weighted by Gasteiger charge is -2.18. The van der Waals surface area contributed by atoms with Gasteiger partial charge in [-0.3, -0.25) is 9.59 Å². The minimum Gasteiger partial charge on any atom is -0.481 e. The van der Waals surface area contributed by atoms with Crippen LogP contribution in [0.5, 0.6) is 0 Å². The number of esters is 1. The highest BCUT2D eigenvalue weighted by molar-refractivity contribution is 5.69. The van der Waals surface area contributed by atoms with Gasteiger partial charge in [0.2, 0.25) is 0 Å². The molecule has 2 aliphatic rings. The number of carbonyl (C=O) groups excluding carboxylic acids is 1. The van der Waals surface area contributed by atoms with Gasteiger partial charge in [-0.15, -0.1) is 0 Å². The van der Waals surface area contributed by atoms with Gasteiger partial charge in [0.05, 0.1) is 18.8 Å². The van der Waals surface area contributed by atoms with Crippen LogP contribution in [0.4, 0.5) is 0 Å². The van der Waals surface area contributed by atoms with Crippen molar-refractivity contribution in [3.63, 3.8) is 0 Å². The molecule has 3 atom stereocenters. The van der Waals surface area contributed by atoms with Crippen molar-refractivity contribution >= 4 is 11.9 Å². The van der Waals surface area contributed by atoms with Crippen LogP contribution in [0, 0.1) is 5.92 Å². The Balaban J connectivity index is 1.43. The molecule has 0 spiro atoms. The molecule has 2 rings (SSSR count). The van der Waals surface area contributed by atoms with Crippen molar-refractivity contribution in [2.24, 2.45) is 5.92 Å². The van der Waals surface area contributed by atoms with Crippen LogP contribution in [0.3, 0.4) is 0 Å². The van der Waals surface area contributed by atoms with E-state index in [2.05, 4.69) is 0 Å². The molecule has 0 amide bonds. The number of ether oxygens (including phenoxy) is 2. The van der Waals surface area contributed by atoms with Gasteiger partial charge in [-0.05, 0) is 38.0 Å². The molecule has 1 aliphatic heterocycles. The zero-order chi connectivity index (χ0) is 14.4. The zero-order valence-corrected chi connectivity index (χ0v) is 11.9. The number of carboxylic acids is 1. The highest BCUT2D eigenvalue weighted by Gasteiger charge is 2.43. The topological polar surface area (TPSA) is 76.1 Å². The van der Waals surface area contributed by atoms with Crippen molar-refractivity contribution in [2.75, 3.05) is 6.61 Å². The number of unbranched alkanes of at least 4 members (excludes halogenated alkanes) is 3. The zero-order valence-electron chi connectivity index (χ0n) is 11.9.